The predicted molar refractivity (Wildman–Crippen MR) is 138 cm³/mol. The first kappa shape index (κ1) is 34.5. The van der Waals surface area contributed by atoms with E-state index in [1.807, 2.05) is 27.7 Å². The fraction of sp³-hybridized carbons (Fsp3) is 0.583. The first-order valence-electron chi connectivity index (χ1n) is 11.1. The lowest BCUT2D eigenvalue weighted by Gasteiger charge is -2.32. The van der Waals surface area contributed by atoms with Crippen LogP contribution < -0.4 is 10.9 Å². The zero-order valence-electron chi connectivity index (χ0n) is 22.3. The Balaban J connectivity index is 0. The van der Waals surface area contributed by atoms with Crippen LogP contribution >= 0.6 is 11.8 Å². The molecule has 1 aromatic heterocycles. The van der Waals surface area contributed by atoms with Gasteiger partial charge < -0.3 is 19.9 Å². The number of hydrogen-bond acceptors (Lipinski definition) is 8. The molecule has 2 heterocycles. The number of allylic oxidation sites excluding steroid dienone is 2. The van der Waals surface area contributed by atoms with Gasteiger partial charge in [0.15, 0.2) is 5.69 Å². The van der Waals surface area contributed by atoms with Crippen molar-refractivity contribution in [2.24, 2.45) is 0 Å². The monoisotopic (exact) mass is 517 g/mol. The number of hydrogen-bond donors (Lipinski definition) is 2. The van der Waals surface area contributed by atoms with Gasteiger partial charge in [-0.05, 0) is 40.0 Å². The Kier molecular flexibility index (Phi) is 17.5. The van der Waals surface area contributed by atoms with Crippen molar-refractivity contribution in [3.8, 4) is 5.75 Å². The van der Waals surface area contributed by atoms with Gasteiger partial charge in [0.05, 0.1) is 19.0 Å². The maximum atomic E-state index is 12.0. The molecule has 0 saturated heterocycles. The number of halogens is 1. The molecule has 1 aromatic rings. The maximum absolute atomic E-state index is 12.0. The Morgan fingerprint density at radius 3 is 2.31 bits per heavy atom. The molecule has 9 nitrogen and oxygen atoms in total. The van der Waals surface area contributed by atoms with Crippen molar-refractivity contribution in [2.75, 3.05) is 26.0 Å². The molecule has 0 unspecified atom stereocenters. The Morgan fingerprint density at radius 2 is 1.86 bits per heavy atom. The van der Waals surface area contributed by atoms with Gasteiger partial charge in [-0.3, -0.25) is 19.0 Å². The van der Waals surface area contributed by atoms with Crippen molar-refractivity contribution in [3.63, 3.8) is 0 Å². The second kappa shape index (κ2) is 17.7. The first-order chi connectivity index (χ1) is 16.2. The number of nitrogens with zero attached hydrogens (tertiary/aromatic N) is 2. The van der Waals surface area contributed by atoms with Crippen LogP contribution in [0, 0.1) is 0 Å². The lowest BCUT2D eigenvalue weighted by molar-refractivity contribution is -0.140. The van der Waals surface area contributed by atoms with E-state index in [9.17, 15) is 23.9 Å². The molecule has 2 rings (SSSR count). The van der Waals surface area contributed by atoms with E-state index in [-0.39, 0.29) is 17.5 Å². The SMILES string of the molecule is C=C(C)F.CC.CC(=O)OCCSC=C(C)C.CNC(=O)c1nc2n(c(=O)c1O)CCOC2(C)C. The third-order valence-electron chi connectivity index (χ3n) is 3.73. The summed E-state index contributed by atoms with van der Waals surface area (Å²) in [4.78, 5) is 37.9. The minimum absolute atomic E-state index is 0.206. The third-order valence-corrected chi connectivity index (χ3v) is 4.77. The number of fused-ring (bicyclic) bond motifs is 1. The van der Waals surface area contributed by atoms with Crippen LogP contribution in [0.4, 0.5) is 4.39 Å². The minimum Gasteiger partial charge on any atom is -0.501 e. The average Bonchev–Trinajstić information content (AvgIpc) is 2.76. The molecule has 1 aliphatic heterocycles. The molecule has 0 fully saturated rings. The summed E-state index contributed by atoms with van der Waals surface area (Å²) in [5, 5.41) is 14.1. The highest BCUT2D eigenvalue weighted by Gasteiger charge is 2.34. The lowest BCUT2D eigenvalue weighted by Crippen LogP contribution is -2.42. The summed E-state index contributed by atoms with van der Waals surface area (Å²) >= 11 is 1.66. The Morgan fingerprint density at radius 1 is 1.31 bits per heavy atom. The highest BCUT2D eigenvalue weighted by Crippen LogP contribution is 2.27. The van der Waals surface area contributed by atoms with Gasteiger partial charge in [0.1, 0.15) is 18.0 Å². The standard InChI is InChI=1S/C11H15N3O4.C8H14O2S.C3H5F.C2H6/c1-11(2)10-13-6(8(16)12-3)7(15)9(17)14(10)4-5-18-11;1-7(2)6-11-5-4-10-8(3)9;1-3(2)4;1-2/h15H,4-5H2,1-3H3,(H,12,16);6H,4-5H2,1-3H3;1H2,2H3;1-2H3. The van der Waals surface area contributed by atoms with E-state index in [1.54, 1.807) is 25.6 Å². The molecule has 0 saturated carbocycles. The summed E-state index contributed by atoms with van der Waals surface area (Å²) in [6.45, 7) is 18.4. The molecule has 35 heavy (non-hydrogen) atoms. The van der Waals surface area contributed by atoms with Crippen molar-refractivity contribution in [2.45, 2.75) is 67.5 Å². The number of thioether (sulfide) groups is 1. The van der Waals surface area contributed by atoms with Gasteiger partial charge in [-0.15, -0.1) is 11.8 Å². The van der Waals surface area contributed by atoms with E-state index in [4.69, 9.17) is 9.47 Å². The largest absolute Gasteiger partial charge is 0.501 e. The molecular weight excluding hydrogens is 477 g/mol. The summed E-state index contributed by atoms with van der Waals surface area (Å²) in [6.07, 6.45) is 0. The van der Waals surface area contributed by atoms with Crippen molar-refractivity contribution < 1.29 is 28.6 Å². The highest BCUT2D eigenvalue weighted by atomic mass is 32.2. The fourth-order valence-electron chi connectivity index (χ4n) is 2.40. The molecule has 2 N–H and O–H groups in total. The summed E-state index contributed by atoms with van der Waals surface area (Å²) in [5.41, 5.74) is -0.381. The molecule has 200 valence electrons. The van der Waals surface area contributed by atoms with E-state index >= 15 is 0 Å². The average molecular weight is 518 g/mol. The number of nitrogens with one attached hydrogen (secondary N) is 1. The van der Waals surface area contributed by atoms with Gasteiger partial charge in [0.25, 0.3) is 11.5 Å². The van der Waals surface area contributed by atoms with E-state index in [0.717, 1.165) is 5.75 Å². The van der Waals surface area contributed by atoms with Gasteiger partial charge in [-0.1, -0.05) is 26.0 Å². The molecule has 0 aromatic carbocycles. The Hall–Kier alpha value is -2.66. The topological polar surface area (TPSA) is 120 Å². The minimum atomic E-state index is -0.770. The number of carbonyl (C=O) groups excluding carboxylic acids is 2. The molecule has 0 atom stereocenters. The summed E-state index contributed by atoms with van der Waals surface area (Å²) in [7, 11) is 1.40. The third kappa shape index (κ3) is 13.7. The number of aromatic hydroxyl groups is 1. The van der Waals surface area contributed by atoms with E-state index in [0.29, 0.717) is 25.6 Å². The van der Waals surface area contributed by atoms with Crippen LogP contribution in [0.5, 0.6) is 5.75 Å². The van der Waals surface area contributed by atoms with Crippen LogP contribution in [0.3, 0.4) is 0 Å². The number of carbonyl (C=O) groups is 2. The van der Waals surface area contributed by atoms with Gasteiger partial charge in [-0.2, -0.15) is 0 Å². The van der Waals surface area contributed by atoms with Gasteiger partial charge in [0, 0.05) is 19.7 Å². The van der Waals surface area contributed by atoms with Crippen molar-refractivity contribution in [3.05, 3.63) is 45.3 Å². The number of ether oxygens (including phenoxy) is 2. The number of aromatic nitrogens is 2. The molecule has 1 amide bonds. The van der Waals surface area contributed by atoms with Crippen molar-refractivity contribution in [1.82, 2.24) is 14.9 Å². The molecule has 0 aliphatic carbocycles. The maximum Gasteiger partial charge on any atom is 0.302 e. The van der Waals surface area contributed by atoms with Gasteiger partial charge in [-0.25, -0.2) is 9.37 Å². The van der Waals surface area contributed by atoms with Crippen LogP contribution in [0.2, 0.25) is 0 Å². The normalized spacial score (nSPS) is 12.5. The zero-order valence-corrected chi connectivity index (χ0v) is 23.1. The van der Waals surface area contributed by atoms with Crippen molar-refractivity contribution >= 4 is 23.6 Å². The first-order valence-corrected chi connectivity index (χ1v) is 12.2. The van der Waals surface area contributed by atoms with E-state index in [1.165, 1.54) is 31.0 Å². The molecule has 0 bridgehead atoms. The molecule has 0 radical (unpaired) electrons. The Bertz CT molecular complexity index is 921. The van der Waals surface area contributed by atoms with Crippen LogP contribution in [0.1, 0.15) is 71.7 Å². The fourth-order valence-corrected chi connectivity index (χ4v) is 3.03. The zero-order chi connectivity index (χ0) is 27.8. The number of rotatable bonds is 5. The van der Waals surface area contributed by atoms with Gasteiger partial charge in [0.2, 0.25) is 5.75 Å². The molecule has 1 aliphatic rings. The summed E-state index contributed by atoms with van der Waals surface area (Å²) < 4.78 is 22.4. The summed E-state index contributed by atoms with van der Waals surface area (Å²) in [6, 6.07) is 0. The second-order valence-electron chi connectivity index (χ2n) is 7.61. The summed E-state index contributed by atoms with van der Waals surface area (Å²) in [5.74, 6) is -0.590. The predicted octanol–water partition coefficient (Wildman–Crippen LogP) is 4.30. The quantitative estimate of drug-likeness (QED) is 0.438. The number of esters is 1. The lowest BCUT2D eigenvalue weighted by atomic mass is 10.1. The molecule has 11 heteroatoms. The smallest absolute Gasteiger partial charge is 0.302 e. The van der Waals surface area contributed by atoms with E-state index in [2.05, 4.69) is 22.3 Å². The Labute approximate surface area is 211 Å². The van der Waals surface area contributed by atoms with Crippen LogP contribution in [-0.4, -0.2) is 52.5 Å². The second-order valence-corrected chi connectivity index (χ2v) is 8.59. The van der Waals surface area contributed by atoms with Crippen LogP contribution in [0.25, 0.3) is 0 Å². The molecule has 0 spiro atoms. The van der Waals surface area contributed by atoms with Gasteiger partial charge >= 0.3 is 5.97 Å². The number of amides is 1. The van der Waals surface area contributed by atoms with Crippen molar-refractivity contribution in [1.29, 1.82) is 0 Å². The highest BCUT2D eigenvalue weighted by molar-refractivity contribution is 8.02. The van der Waals surface area contributed by atoms with Crippen LogP contribution in [-0.2, 0) is 26.4 Å². The molecular formula is C24H40FN3O6S. The van der Waals surface area contributed by atoms with Crippen LogP contribution in [0.15, 0.2) is 28.2 Å². The van der Waals surface area contributed by atoms with E-state index < -0.39 is 22.8 Å².